The predicted octanol–water partition coefficient (Wildman–Crippen LogP) is 3.17. The van der Waals surface area contributed by atoms with Crippen molar-refractivity contribution in [1.29, 1.82) is 0 Å². The molecule has 0 atom stereocenters. The number of halogens is 4. The Hall–Kier alpha value is -1.04. The third-order valence-corrected chi connectivity index (χ3v) is 2.62. The summed E-state index contributed by atoms with van der Waals surface area (Å²) in [6, 6.07) is 3.41. The lowest BCUT2D eigenvalue weighted by Gasteiger charge is -2.13. The Kier molecular flexibility index (Phi) is 3.62. The summed E-state index contributed by atoms with van der Waals surface area (Å²) < 4.78 is 37.5. The van der Waals surface area contributed by atoms with Crippen LogP contribution in [0, 0.1) is 0 Å². The fraction of sp³-hybridized carbons (Fsp3) is 0.300. The van der Waals surface area contributed by atoms with E-state index in [-0.39, 0.29) is 10.0 Å². The molecule has 0 unspecified atom stereocenters. The first-order chi connectivity index (χ1) is 7.23. The molecule has 0 saturated heterocycles. The van der Waals surface area contributed by atoms with Gasteiger partial charge < -0.3 is 4.90 Å². The van der Waals surface area contributed by atoms with Crippen LogP contribution in [0.15, 0.2) is 22.7 Å². The van der Waals surface area contributed by atoms with Crippen molar-refractivity contribution in [3.8, 4) is 0 Å². The van der Waals surface area contributed by atoms with Gasteiger partial charge in [-0.15, -0.1) is 0 Å². The fourth-order valence-electron chi connectivity index (χ4n) is 1.13. The number of carbonyl (C=O) groups is 1. The molecule has 2 nitrogen and oxygen atoms in total. The number of benzene rings is 1. The molecule has 1 rings (SSSR count). The van der Waals surface area contributed by atoms with E-state index < -0.39 is 17.6 Å². The average molecular weight is 296 g/mol. The SMILES string of the molecule is CN(C)C(=O)c1ccc(Br)c(C(F)(F)F)c1. The Labute approximate surface area is 99.2 Å². The second-order valence-corrected chi connectivity index (χ2v) is 4.25. The van der Waals surface area contributed by atoms with Crippen molar-refractivity contribution in [1.82, 2.24) is 4.90 Å². The fourth-order valence-corrected chi connectivity index (χ4v) is 1.61. The first-order valence-electron chi connectivity index (χ1n) is 4.32. The Balaban J connectivity index is 3.23. The third-order valence-electron chi connectivity index (χ3n) is 1.92. The molecule has 6 heteroatoms. The van der Waals surface area contributed by atoms with Crippen molar-refractivity contribution in [2.75, 3.05) is 14.1 Å². The van der Waals surface area contributed by atoms with Gasteiger partial charge in [0, 0.05) is 24.1 Å². The number of hydrogen-bond donors (Lipinski definition) is 0. The summed E-state index contributed by atoms with van der Waals surface area (Å²) in [5.74, 6) is -0.460. The number of hydrogen-bond acceptors (Lipinski definition) is 1. The Morgan fingerprint density at radius 3 is 2.31 bits per heavy atom. The third kappa shape index (κ3) is 2.75. The minimum absolute atomic E-state index is 0.0144. The topological polar surface area (TPSA) is 20.3 Å². The van der Waals surface area contributed by atoms with Crippen LogP contribution >= 0.6 is 15.9 Å². The van der Waals surface area contributed by atoms with Crippen molar-refractivity contribution >= 4 is 21.8 Å². The van der Waals surface area contributed by atoms with Crippen LogP contribution in [0.3, 0.4) is 0 Å². The molecule has 0 aliphatic carbocycles. The summed E-state index contributed by atoms with van der Waals surface area (Å²) in [5.41, 5.74) is -0.833. The van der Waals surface area contributed by atoms with Crippen LogP contribution in [0.4, 0.5) is 13.2 Å². The van der Waals surface area contributed by atoms with E-state index in [1.54, 1.807) is 0 Å². The predicted molar refractivity (Wildman–Crippen MR) is 57.2 cm³/mol. The summed E-state index contributed by atoms with van der Waals surface area (Å²) in [5, 5.41) is 0. The van der Waals surface area contributed by atoms with Crippen LogP contribution in [-0.2, 0) is 6.18 Å². The molecule has 0 aliphatic rings. The number of amides is 1. The van der Waals surface area contributed by atoms with E-state index in [1.165, 1.54) is 31.1 Å². The number of rotatable bonds is 1. The van der Waals surface area contributed by atoms with Gasteiger partial charge in [0.2, 0.25) is 0 Å². The number of alkyl halides is 3. The molecule has 0 aliphatic heterocycles. The molecule has 1 aromatic carbocycles. The molecule has 0 fully saturated rings. The van der Waals surface area contributed by atoms with Gasteiger partial charge in [0.15, 0.2) is 0 Å². The Bertz CT molecular complexity index is 415. The summed E-state index contributed by atoms with van der Waals surface area (Å²) in [7, 11) is 2.97. The highest BCUT2D eigenvalue weighted by atomic mass is 79.9. The van der Waals surface area contributed by atoms with Gasteiger partial charge in [-0.1, -0.05) is 15.9 Å². The minimum Gasteiger partial charge on any atom is -0.345 e. The smallest absolute Gasteiger partial charge is 0.345 e. The van der Waals surface area contributed by atoms with E-state index in [9.17, 15) is 18.0 Å². The zero-order valence-corrected chi connectivity index (χ0v) is 10.2. The zero-order chi connectivity index (χ0) is 12.5. The number of nitrogens with zero attached hydrogens (tertiary/aromatic N) is 1. The molecule has 0 heterocycles. The molecule has 0 N–H and O–H groups in total. The molecule has 1 amide bonds. The van der Waals surface area contributed by atoms with E-state index in [0.29, 0.717) is 0 Å². The normalized spacial score (nSPS) is 11.4. The molecule has 0 bridgehead atoms. The molecule has 88 valence electrons. The molecule has 0 aromatic heterocycles. The molecule has 16 heavy (non-hydrogen) atoms. The quantitative estimate of drug-likeness (QED) is 0.779. The van der Waals surface area contributed by atoms with E-state index in [0.717, 1.165) is 6.07 Å². The monoisotopic (exact) mass is 295 g/mol. The van der Waals surface area contributed by atoms with E-state index in [1.807, 2.05) is 0 Å². The number of carbonyl (C=O) groups excluding carboxylic acids is 1. The van der Waals surface area contributed by atoms with Gasteiger partial charge in [-0.25, -0.2) is 0 Å². The van der Waals surface area contributed by atoms with E-state index in [4.69, 9.17) is 0 Å². The van der Waals surface area contributed by atoms with Crippen molar-refractivity contribution in [3.05, 3.63) is 33.8 Å². The van der Waals surface area contributed by atoms with Crippen LogP contribution in [0.5, 0.6) is 0 Å². The highest BCUT2D eigenvalue weighted by Crippen LogP contribution is 2.35. The first-order valence-corrected chi connectivity index (χ1v) is 5.11. The van der Waals surface area contributed by atoms with Crippen LogP contribution in [0.25, 0.3) is 0 Å². The second-order valence-electron chi connectivity index (χ2n) is 3.39. The average Bonchev–Trinajstić information content (AvgIpc) is 2.15. The second kappa shape index (κ2) is 4.45. The molecule has 0 spiro atoms. The lowest BCUT2D eigenvalue weighted by atomic mass is 10.1. The first kappa shape index (κ1) is 13.0. The van der Waals surface area contributed by atoms with Crippen molar-refractivity contribution < 1.29 is 18.0 Å². The summed E-state index contributed by atoms with van der Waals surface area (Å²) in [4.78, 5) is 12.7. The summed E-state index contributed by atoms with van der Waals surface area (Å²) in [6.45, 7) is 0. The van der Waals surface area contributed by atoms with Crippen molar-refractivity contribution in [2.24, 2.45) is 0 Å². The maximum absolute atomic E-state index is 12.5. The molecule has 0 radical (unpaired) electrons. The Morgan fingerprint density at radius 1 is 1.31 bits per heavy atom. The summed E-state index contributed by atoms with van der Waals surface area (Å²) >= 11 is 2.81. The lowest BCUT2D eigenvalue weighted by molar-refractivity contribution is -0.138. The van der Waals surface area contributed by atoms with Crippen LogP contribution in [0.1, 0.15) is 15.9 Å². The van der Waals surface area contributed by atoms with E-state index >= 15 is 0 Å². The van der Waals surface area contributed by atoms with Gasteiger partial charge in [0.25, 0.3) is 5.91 Å². The Morgan fingerprint density at radius 2 is 1.88 bits per heavy atom. The molecular formula is C10H9BrF3NO. The standard InChI is InChI=1S/C10H9BrF3NO/c1-15(2)9(16)6-3-4-8(11)7(5-6)10(12,13)14/h3-5H,1-2H3. The maximum atomic E-state index is 12.5. The van der Waals surface area contributed by atoms with Crippen molar-refractivity contribution in [2.45, 2.75) is 6.18 Å². The van der Waals surface area contributed by atoms with Gasteiger partial charge in [0.05, 0.1) is 5.56 Å². The molecular weight excluding hydrogens is 287 g/mol. The van der Waals surface area contributed by atoms with Gasteiger partial charge in [0.1, 0.15) is 0 Å². The largest absolute Gasteiger partial charge is 0.417 e. The van der Waals surface area contributed by atoms with Crippen LogP contribution in [-0.4, -0.2) is 24.9 Å². The highest BCUT2D eigenvalue weighted by molar-refractivity contribution is 9.10. The highest BCUT2D eigenvalue weighted by Gasteiger charge is 2.33. The van der Waals surface area contributed by atoms with Crippen LogP contribution in [0.2, 0.25) is 0 Å². The zero-order valence-electron chi connectivity index (χ0n) is 8.60. The molecule has 1 aromatic rings. The van der Waals surface area contributed by atoms with Crippen LogP contribution < -0.4 is 0 Å². The molecule has 0 saturated carbocycles. The maximum Gasteiger partial charge on any atom is 0.417 e. The van der Waals surface area contributed by atoms with Gasteiger partial charge >= 0.3 is 6.18 Å². The van der Waals surface area contributed by atoms with Gasteiger partial charge in [-0.3, -0.25) is 4.79 Å². The van der Waals surface area contributed by atoms with Gasteiger partial charge in [-0.05, 0) is 18.2 Å². The lowest BCUT2D eigenvalue weighted by Crippen LogP contribution is -2.22. The van der Waals surface area contributed by atoms with Gasteiger partial charge in [-0.2, -0.15) is 13.2 Å². The van der Waals surface area contributed by atoms with Crippen molar-refractivity contribution in [3.63, 3.8) is 0 Å². The minimum atomic E-state index is -4.47. The summed E-state index contributed by atoms with van der Waals surface area (Å²) in [6.07, 6.45) is -4.47. The van der Waals surface area contributed by atoms with E-state index in [2.05, 4.69) is 15.9 Å².